The molecule has 0 aliphatic rings. The highest BCUT2D eigenvalue weighted by Gasteiger charge is 2.14. The van der Waals surface area contributed by atoms with E-state index in [2.05, 4.69) is 34.6 Å². The zero-order chi connectivity index (χ0) is 9.02. The molecular weight excluding hydrogens is 134 g/mol. The minimum atomic E-state index is 0.344. The lowest BCUT2D eigenvalue weighted by atomic mass is 9.86. The van der Waals surface area contributed by atoms with Gasteiger partial charge in [-0.15, -0.1) is 0 Å². The second kappa shape index (κ2) is 4.76. The summed E-state index contributed by atoms with van der Waals surface area (Å²) in [6, 6.07) is 0.344. The molecule has 3 atom stereocenters. The zero-order valence-corrected chi connectivity index (χ0v) is 8.59. The predicted octanol–water partition coefficient (Wildman–Crippen LogP) is 2.65. The summed E-state index contributed by atoms with van der Waals surface area (Å²) < 4.78 is 0. The maximum Gasteiger partial charge on any atom is 0.00362 e. The Morgan fingerprint density at radius 2 is 1.36 bits per heavy atom. The minimum absolute atomic E-state index is 0.344. The highest BCUT2D eigenvalue weighted by atomic mass is 14.6. The van der Waals surface area contributed by atoms with Crippen molar-refractivity contribution < 1.29 is 0 Å². The van der Waals surface area contributed by atoms with Crippen LogP contribution in [0.15, 0.2) is 0 Å². The van der Waals surface area contributed by atoms with Gasteiger partial charge in [-0.25, -0.2) is 0 Å². The molecule has 0 fully saturated rings. The summed E-state index contributed by atoms with van der Waals surface area (Å²) in [7, 11) is 0. The van der Waals surface area contributed by atoms with Crippen molar-refractivity contribution in [3.05, 3.63) is 0 Å². The fraction of sp³-hybridized carbons (Fsp3) is 1.00. The smallest absolute Gasteiger partial charge is 0.00362 e. The topological polar surface area (TPSA) is 26.0 Å². The van der Waals surface area contributed by atoms with Crippen LogP contribution in [0.2, 0.25) is 0 Å². The third-order valence-electron chi connectivity index (χ3n) is 2.78. The van der Waals surface area contributed by atoms with Crippen LogP contribution in [0.25, 0.3) is 0 Å². The van der Waals surface area contributed by atoms with Crippen LogP contribution >= 0.6 is 0 Å². The van der Waals surface area contributed by atoms with Gasteiger partial charge in [0.1, 0.15) is 0 Å². The van der Waals surface area contributed by atoms with Crippen LogP contribution in [-0.2, 0) is 0 Å². The molecule has 0 heterocycles. The highest BCUT2D eigenvalue weighted by Crippen LogP contribution is 2.20. The fourth-order valence-corrected chi connectivity index (χ4v) is 1.07. The van der Waals surface area contributed by atoms with E-state index in [0.29, 0.717) is 12.0 Å². The van der Waals surface area contributed by atoms with Gasteiger partial charge in [0, 0.05) is 6.04 Å². The molecule has 0 aromatic heterocycles. The lowest BCUT2D eigenvalue weighted by Gasteiger charge is -2.22. The van der Waals surface area contributed by atoms with Crippen LogP contribution in [-0.4, -0.2) is 6.04 Å². The molecule has 0 aromatic carbocycles. The number of hydrogen-bond acceptors (Lipinski definition) is 1. The summed E-state index contributed by atoms with van der Waals surface area (Å²) in [4.78, 5) is 0. The van der Waals surface area contributed by atoms with Crippen LogP contribution < -0.4 is 5.73 Å². The molecule has 0 amide bonds. The van der Waals surface area contributed by atoms with E-state index in [9.17, 15) is 0 Å². The molecule has 0 aromatic rings. The first kappa shape index (κ1) is 11.0. The average molecular weight is 157 g/mol. The van der Waals surface area contributed by atoms with Gasteiger partial charge in [-0.3, -0.25) is 0 Å². The Balaban J connectivity index is 3.66. The molecule has 11 heavy (non-hydrogen) atoms. The van der Waals surface area contributed by atoms with Crippen molar-refractivity contribution >= 4 is 0 Å². The molecule has 0 saturated carbocycles. The van der Waals surface area contributed by atoms with E-state index in [1.165, 1.54) is 6.42 Å². The predicted molar refractivity (Wildman–Crippen MR) is 51.4 cm³/mol. The first-order chi connectivity index (χ1) is 4.95. The molecule has 0 aliphatic carbocycles. The molecule has 1 nitrogen and oxygen atoms in total. The summed E-state index contributed by atoms with van der Waals surface area (Å²) in [5.74, 6) is 2.25. The first-order valence-electron chi connectivity index (χ1n) is 4.70. The van der Waals surface area contributed by atoms with E-state index < -0.39 is 0 Å². The highest BCUT2D eigenvalue weighted by molar-refractivity contribution is 4.68. The molecule has 68 valence electrons. The van der Waals surface area contributed by atoms with Crippen LogP contribution in [0.5, 0.6) is 0 Å². The van der Waals surface area contributed by atoms with Gasteiger partial charge in [0.15, 0.2) is 0 Å². The van der Waals surface area contributed by atoms with Crippen LogP contribution in [0.1, 0.15) is 41.0 Å². The van der Waals surface area contributed by atoms with Gasteiger partial charge >= 0.3 is 0 Å². The molecule has 0 spiro atoms. The minimum Gasteiger partial charge on any atom is -0.328 e. The van der Waals surface area contributed by atoms with E-state index in [4.69, 9.17) is 5.73 Å². The van der Waals surface area contributed by atoms with Crippen molar-refractivity contribution in [2.24, 2.45) is 23.5 Å². The second-order valence-corrected chi connectivity index (χ2v) is 4.29. The summed E-state index contributed by atoms with van der Waals surface area (Å²) in [6.07, 6.45) is 1.26. The van der Waals surface area contributed by atoms with Crippen molar-refractivity contribution in [2.45, 2.75) is 47.1 Å². The van der Waals surface area contributed by atoms with Crippen molar-refractivity contribution in [1.29, 1.82) is 0 Å². The molecule has 0 bridgehead atoms. The van der Waals surface area contributed by atoms with Gasteiger partial charge < -0.3 is 5.73 Å². The van der Waals surface area contributed by atoms with Crippen LogP contribution in [0.3, 0.4) is 0 Å². The third kappa shape index (κ3) is 4.41. The Morgan fingerprint density at radius 3 is 1.64 bits per heavy atom. The first-order valence-corrected chi connectivity index (χ1v) is 4.70. The molecular formula is C10H23N. The molecule has 1 heteroatoms. The molecule has 2 N–H and O–H groups in total. The van der Waals surface area contributed by atoms with Gasteiger partial charge in [0.05, 0.1) is 0 Å². The number of rotatable bonds is 4. The summed E-state index contributed by atoms with van der Waals surface area (Å²) in [5.41, 5.74) is 5.78. The van der Waals surface area contributed by atoms with Gasteiger partial charge in [-0.1, -0.05) is 27.7 Å². The van der Waals surface area contributed by atoms with Crippen molar-refractivity contribution in [3.63, 3.8) is 0 Å². The normalized spacial score (nSPS) is 19.9. The Hall–Kier alpha value is -0.0400. The number of hydrogen-bond donors (Lipinski definition) is 1. The van der Waals surface area contributed by atoms with E-state index in [0.717, 1.165) is 11.8 Å². The maximum atomic E-state index is 5.78. The lowest BCUT2D eigenvalue weighted by Crippen LogP contribution is -2.26. The Bertz CT molecular complexity index is 85.0. The van der Waals surface area contributed by atoms with E-state index >= 15 is 0 Å². The zero-order valence-electron chi connectivity index (χ0n) is 8.59. The molecule has 0 aliphatic heterocycles. The van der Waals surface area contributed by atoms with Crippen molar-refractivity contribution in [3.8, 4) is 0 Å². The van der Waals surface area contributed by atoms with Gasteiger partial charge in [0.2, 0.25) is 0 Å². The van der Waals surface area contributed by atoms with Gasteiger partial charge in [-0.05, 0) is 31.1 Å². The monoisotopic (exact) mass is 157 g/mol. The van der Waals surface area contributed by atoms with Gasteiger partial charge in [-0.2, -0.15) is 0 Å². The Kier molecular flexibility index (Phi) is 4.74. The molecule has 0 unspecified atom stereocenters. The number of nitrogens with two attached hydrogens (primary N) is 1. The van der Waals surface area contributed by atoms with Gasteiger partial charge in [0.25, 0.3) is 0 Å². The largest absolute Gasteiger partial charge is 0.328 e. The Labute approximate surface area is 71.4 Å². The summed E-state index contributed by atoms with van der Waals surface area (Å²) in [6.45, 7) is 11.2. The molecule has 0 saturated heterocycles. The van der Waals surface area contributed by atoms with E-state index in [1.54, 1.807) is 0 Å². The average Bonchev–Trinajstić information content (AvgIpc) is 1.87. The summed E-state index contributed by atoms with van der Waals surface area (Å²) in [5, 5.41) is 0. The standard InChI is InChI=1S/C10H23N/c1-7(2)8(3)6-9(4)10(5)11/h7-10H,6,11H2,1-5H3/t8-,9+,10-/m0/s1. The third-order valence-corrected chi connectivity index (χ3v) is 2.78. The fourth-order valence-electron chi connectivity index (χ4n) is 1.07. The molecule has 0 rings (SSSR count). The van der Waals surface area contributed by atoms with E-state index in [1.807, 2.05) is 0 Å². The Morgan fingerprint density at radius 1 is 0.909 bits per heavy atom. The SMILES string of the molecule is CC(C)[C@@H](C)C[C@@H](C)[C@H](C)N. The second-order valence-electron chi connectivity index (χ2n) is 4.29. The van der Waals surface area contributed by atoms with E-state index in [-0.39, 0.29) is 0 Å². The van der Waals surface area contributed by atoms with Crippen molar-refractivity contribution in [1.82, 2.24) is 0 Å². The maximum absolute atomic E-state index is 5.78. The van der Waals surface area contributed by atoms with Crippen molar-refractivity contribution in [2.75, 3.05) is 0 Å². The lowest BCUT2D eigenvalue weighted by molar-refractivity contribution is 0.308. The quantitative estimate of drug-likeness (QED) is 0.667. The van der Waals surface area contributed by atoms with Crippen LogP contribution in [0, 0.1) is 17.8 Å². The van der Waals surface area contributed by atoms with Crippen LogP contribution in [0.4, 0.5) is 0 Å². The summed E-state index contributed by atoms with van der Waals surface area (Å²) >= 11 is 0. The molecule has 0 radical (unpaired) electrons.